The summed E-state index contributed by atoms with van der Waals surface area (Å²) in [6.07, 6.45) is -1.21. The molecule has 1 fully saturated rings. The van der Waals surface area contributed by atoms with Crippen molar-refractivity contribution >= 4 is 32.8 Å². The first kappa shape index (κ1) is 31.5. The topological polar surface area (TPSA) is 122 Å². The van der Waals surface area contributed by atoms with Crippen LogP contribution in [0.25, 0.3) is 22.4 Å². The zero-order chi connectivity index (χ0) is 31.0. The lowest BCUT2D eigenvalue weighted by molar-refractivity contribution is -0.129. The highest BCUT2D eigenvalue weighted by Crippen LogP contribution is 2.29. The van der Waals surface area contributed by atoms with Crippen molar-refractivity contribution in [2.24, 2.45) is 0 Å². The Hall–Kier alpha value is -3.40. The number of hydrogen-bond acceptors (Lipinski definition) is 8. The summed E-state index contributed by atoms with van der Waals surface area (Å²) in [6, 6.07) is 1.29. The fraction of sp³-hybridized carbons (Fsp3) is 0.538. The van der Waals surface area contributed by atoms with Crippen molar-refractivity contribution in [1.82, 2.24) is 24.4 Å². The van der Waals surface area contributed by atoms with E-state index < -0.39 is 68.6 Å². The number of sulfonamides is 1. The summed E-state index contributed by atoms with van der Waals surface area (Å²) in [5, 5.41) is 3.30. The Morgan fingerprint density at radius 2 is 1.69 bits per heavy atom. The zero-order valence-electron chi connectivity index (χ0n) is 23.5. The minimum atomic E-state index is -4.74. The number of alkyl halides is 3. The van der Waals surface area contributed by atoms with Crippen LogP contribution >= 0.6 is 0 Å². The van der Waals surface area contributed by atoms with Crippen molar-refractivity contribution in [2.45, 2.75) is 70.3 Å². The zero-order valence-corrected chi connectivity index (χ0v) is 24.3. The first-order valence-electron chi connectivity index (χ1n) is 13.3. The molecule has 0 spiro atoms. The van der Waals surface area contributed by atoms with E-state index in [4.69, 9.17) is 0 Å². The summed E-state index contributed by atoms with van der Waals surface area (Å²) < 4.78 is 94.6. The van der Waals surface area contributed by atoms with E-state index in [1.54, 1.807) is 18.6 Å². The van der Waals surface area contributed by atoms with Gasteiger partial charge in [0.1, 0.15) is 22.8 Å². The van der Waals surface area contributed by atoms with Gasteiger partial charge in [-0.2, -0.15) is 18.2 Å². The molecule has 0 bridgehead atoms. The van der Waals surface area contributed by atoms with Crippen LogP contribution in [-0.4, -0.2) is 70.9 Å². The quantitative estimate of drug-likeness (QED) is 0.332. The molecule has 230 valence electrons. The van der Waals surface area contributed by atoms with Crippen LogP contribution in [0, 0.1) is 11.6 Å². The number of fused-ring (bicyclic) bond motifs is 1. The molecule has 2 aromatic heterocycles. The lowest BCUT2D eigenvalue weighted by Crippen LogP contribution is -2.36. The van der Waals surface area contributed by atoms with Crippen molar-refractivity contribution in [3.8, 4) is 11.3 Å². The first-order chi connectivity index (χ1) is 19.5. The van der Waals surface area contributed by atoms with Crippen LogP contribution in [0.5, 0.6) is 0 Å². The van der Waals surface area contributed by atoms with Gasteiger partial charge in [-0.3, -0.25) is 14.1 Å². The van der Waals surface area contributed by atoms with Gasteiger partial charge in [-0.25, -0.2) is 27.2 Å². The fourth-order valence-electron chi connectivity index (χ4n) is 4.97. The SMILES string of the molecule is CC(C)n1c(=O)c(-c2c(F)cc(NS(=O)(=O)CCC(F)(F)F)cc2F)nc2cnc(N[C@H]3CC[C@H](N(C)C)CC3)nc21. The summed E-state index contributed by atoms with van der Waals surface area (Å²) in [5.74, 6) is -3.72. The Morgan fingerprint density at radius 3 is 2.24 bits per heavy atom. The number of nitrogens with zero attached hydrogens (tertiary/aromatic N) is 5. The number of hydrogen-bond donors (Lipinski definition) is 2. The Labute approximate surface area is 239 Å². The van der Waals surface area contributed by atoms with E-state index in [9.17, 15) is 26.4 Å². The second kappa shape index (κ2) is 12.1. The summed E-state index contributed by atoms with van der Waals surface area (Å²) in [4.78, 5) is 28.6. The number of nitrogens with one attached hydrogen (secondary N) is 2. The molecule has 1 saturated carbocycles. The highest BCUT2D eigenvalue weighted by atomic mass is 32.2. The van der Waals surface area contributed by atoms with E-state index in [1.165, 1.54) is 10.8 Å². The van der Waals surface area contributed by atoms with Gasteiger partial charge in [0.2, 0.25) is 16.0 Å². The lowest BCUT2D eigenvalue weighted by atomic mass is 9.91. The largest absolute Gasteiger partial charge is 0.390 e. The van der Waals surface area contributed by atoms with Crippen LogP contribution in [0.15, 0.2) is 23.1 Å². The van der Waals surface area contributed by atoms with Crippen LogP contribution in [0.3, 0.4) is 0 Å². The fourth-order valence-corrected chi connectivity index (χ4v) is 6.05. The van der Waals surface area contributed by atoms with Crippen molar-refractivity contribution in [2.75, 3.05) is 29.9 Å². The summed E-state index contributed by atoms with van der Waals surface area (Å²) in [6.45, 7) is 3.38. The highest BCUT2D eigenvalue weighted by molar-refractivity contribution is 7.92. The van der Waals surface area contributed by atoms with Crippen molar-refractivity contribution in [3.05, 3.63) is 40.3 Å². The smallest absolute Gasteiger partial charge is 0.351 e. The second-order valence-electron chi connectivity index (χ2n) is 10.8. The molecule has 4 rings (SSSR count). The lowest BCUT2D eigenvalue weighted by Gasteiger charge is -2.32. The van der Waals surface area contributed by atoms with Crippen molar-refractivity contribution in [1.29, 1.82) is 0 Å². The van der Waals surface area contributed by atoms with Crippen molar-refractivity contribution in [3.63, 3.8) is 0 Å². The number of aromatic nitrogens is 4. The highest BCUT2D eigenvalue weighted by Gasteiger charge is 2.30. The molecule has 3 aromatic rings. The molecule has 2 heterocycles. The monoisotopic (exact) mass is 617 g/mol. The van der Waals surface area contributed by atoms with Gasteiger partial charge in [0.05, 0.1) is 29.6 Å². The molecule has 0 saturated heterocycles. The van der Waals surface area contributed by atoms with Gasteiger partial charge in [0, 0.05) is 18.1 Å². The third kappa shape index (κ3) is 7.32. The molecule has 16 heteroatoms. The summed E-state index contributed by atoms with van der Waals surface area (Å²) in [7, 11) is -0.466. The van der Waals surface area contributed by atoms with E-state index in [1.807, 2.05) is 14.1 Å². The summed E-state index contributed by atoms with van der Waals surface area (Å²) in [5.41, 5.74) is -2.65. The normalized spacial score (nSPS) is 18.2. The third-order valence-electron chi connectivity index (χ3n) is 7.11. The molecule has 10 nitrogen and oxygen atoms in total. The molecule has 1 aliphatic rings. The minimum Gasteiger partial charge on any atom is -0.351 e. The number of halogens is 5. The van der Waals surface area contributed by atoms with Gasteiger partial charge in [-0.1, -0.05) is 0 Å². The maximum absolute atomic E-state index is 15.2. The van der Waals surface area contributed by atoms with Crippen LogP contribution in [0.1, 0.15) is 52.0 Å². The molecular weight excluding hydrogens is 585 g/mol. The minimum absolute atomic E-state index is 0.0934. The molecule has 1 aromatic carbocycles. The average molecular weight is 618 g/mol. The maximum atomic E-state index is 15.2. The standard InChI is InChI=1S/C26H32F5N7O3S/c1-14(2)38-23-20(13-32-25(35-23)33-15-5-7-17(8-6-15)37(3)4)34-22(24(38)39)21-18(27)11-16(12-19(21)28)36-42(40,41)10-9-26(29,30)31/h11-15,17,36H,5-10H2,1-4H3,(H,32,33,35)/t15-,17-. The van der Waals surface area contributed by atoms with Crippen LogP contribution in [-0.2, 0) is 10.0 Å². The Balaban J connectivity index is 1.66. The number of rotatable bonds is 9. The van der Waals surface area contributed by atoms with Gasteiger partial charge < -0.3 is 10.2 Å². The second-order valence-corrected chi connectivity index (χ2v) is 12.7. The third-order valence-corrected chi connectivity index (χ3v) is 8.40. The van der Waals surface area contributed by atoms with E-state index in [2.05, 4.69) is 25.2 Å². The van der Waals surface area contributed by atoms with Crippen LogP contribution < -0.4 is 15.6 Å². The molecule has 0 atom stereocenters. The van der Waals surface area contributed by atoms with E-state index in [0.29, 0.717) is 24.1 Å². The Kier molecular flexibility index (Phi) is 9.06. The predicted molar refractivity (Wildman–Crippen MR) is 149 cm³/mol. The average Bonchev–Trinajstić information content (AvgIpc) is 2.87. The number of anilines is 2. The van der Waals surface area contributed by atoms with Crippen LogP contribution in [0.4, 0.5) is 33.6 Å². The van der Waals surface area contributed by atoms with Gasteiger partial charge in [-0.15, -0.1) is 0 Å². The van der Waals surface area contributed by atoms with Crippen LogP contribution in [0.2, 0.25) is 0 Å². The van der Waals surface area contributed by atoms with E-state index in [0.717, 1.165) is 25.7 Å². The van der Waals surface area contributed by atoms with Crippen molar-refractivity contribution < 1.29 is 30.4 Å². The van der Waals surface area contributed by atoms with Gasteiger partial charge in [-0.05, 0) is 65.8 Å². The number of benzene rings is 1. The molecule has 2 N–H and O–H groups in total. The Bertz CT molecular complexity index is 1600. The first-order valence-corrected chi connectivity index (χ1v) is 15.0. The Morgan fingerprint density at radius 1 is 1.07 bits per heavy atom. The van der Waals surface area contributed by atoms with E-state index >= 15 is 8.78 Å². The van der Waals surface area contributed by atoms with Gasteiger partial charge in [0.25, 0.3) is 5.56 Å². The molecular formula is C26H32F5N7O3S. The molecule has 0 aliphatic heterocycles. The van der Waals surface area contributed by atoms with Gasteiger partial charge >= 0.3 is 6.18 Å². The van der Waals surface area contributed by atoms with E-state index in [-0.39, 0.29) is 17.2 Å². The molecule has 1 aliphatic carbocycles. The predicted octanol–water partition coefficient (Wildman–Crippen LogP) is 4.69. The molecule has 0 unspecified atom stereocenters. The molecule has 0 amide bonds. The molecule has 42 heavy (non-hydrogen) atoms. The van der Waals surface area contributed by atoms with Gasteiger partial charge in [0.15, 0.2) is 5.65 Å². The maximum Gasteiger partial charge on any atom is 0.390 e. The summed E-state index contributed by atoms with van der Waals surface area (Å²) >= 11 is 0. The molecule has 0 radical (unpaired) electrons.